The molecule has 0 fully saturated rings. The number of thiazole rings is 1. The van der Waals surface area contributed by atoms with Gasteiger partial charge in [-0.1, -0.05) is 47.5 Å². The molecule has 0 saturated heterocycles. The molecule has 0 unspecified atom stereocenters. The first kappa shape index (κ1) is 20.6. The van der Waals surface area contributed by atoms with E-state index in [-0.39, 0.29) is 5.91 Å². The zero-order chi connectivity index (χ0) is 20.9. The van der Waals surface area contributed by atoms with Crippen LogP contribution < -0.4 is 10.1 Å². The zero-order valence-corrected chi connectivity index (χ0v) is 18.9. The van der Waals surface area contributed by atoms with Gasteiger partial charge in [-0.05, 0) is 55.0 Å². The van der Waals surface area contributed by atoms with E-state index < -0.39 is 0 Å². The van der Waals surface area contributed by atoms with Gasteiger partial charge in [0.2, 0.25) is 0 Å². The maximum absolute atomic E-state index is 12.9. The summed E-state index contributed by atoms with van der Waals surface area (Å²) in [6, 6.07) is 21.1. The number of hydrogen-bond acceptors (Lipinski definition) is 4. The number of unbranched alkanes of at least 4 members (excludes halogenated alkanes) is 1. The van der Waals surface area contributed by atoms with Crippen molar-refractivity contribution in [2.24, 2.45) is 0 Å². The highest BCUT2D eigenvalue weighted by Gasteiger charge is 2.15. The molecule has 4 rings (SSSR count). The monoisotopic (exact) mass is 480 g/mol. The van der Waals surface area contributed by atoms with Crippen molar-refractivity contribution in [2.75, 3.05) is 11.9 Å². The largest absolute Gasteiger partial charge is 0.494 e. The first-order chi connectivity index (χ1) is 14.6. The van der Waals surface area contributed by atoms with Crippen LogP contribution in [0.1, 0.15) is 30.1 Å². The lowest BCUT2D eigenvalue weighted by Gasteiger charge is -2.11. The second-order valence-corrected chi connectivity index (χ2v) is 8.81. The van der Waals surface area contributed by atoms with Gasteiger partial charge in [0.15, 0.2) is 0 Å². The smallest absolute Gasteiger partial charge is 0.255 e. The molecule has 1 heterocycles. The van der Waals surface area contributed by atoms with Crippen molar-refractivity contribution < 1.29 is 9.53 Å². The molecule has 1 N–H and O–H groups in total. The van der Waals surface area contributed by atoms with E-state index in [1.807, 2.05) is 48.5 Å². The number of halogens is 1. The lowest BCUT2D eigenvalue weighted by molar-refractivity contribution is 0.102. The first-order valence-electron chi connectivity index (χ1n) is 9.84. The number of carbonyl (C=O) groups is 1. The summed E-state index contributed by atoms with van der Waals surface area (Å²) < 4.78 is 7.78. The Morgan fingerprint density at radius 1 is 1.10 bits per heavy atom. The standard InChI is InChI=1S/C24H21BrN2O2S/c1-2-3-13-29-18-8-6-7-16(14-18)23(28)26-20-12-11-17(25)15-19(20)24-27-21-9-4-5-10-22(21)30-24/h4-12,14-15H,2-3,13H2,1H3,(H,26,28). The van der Waals surface area contributed by atoms with Gasteiger partial charge in [-0.25, -0.2) is 4.98 Å². The molecule has 0 aliphatic carbocycles. The summed E-state index contributed by atoms with van der Waals surface area (Å²) in [7, 11) is 0. The topological polar surface area (TPSA) is 51.2 Å². The fourth-order valence-electron chi connectivity index (χ4n) is 3.05. The number of para-hydroxylation sites is 1. The normalized spacial score (nSPS) is 10.9. The molecule has 1 aromatic heterocycles. The van der Waals surface area contributed by atoms with Crippen LogP contribution in [-0.4, -0.2) is 17.5 Å². The van der Waals surface area contributed by atoms with Crippen molar-refractivity contribution in [1.29, 1.82) is 0 Å². The molecule has 0 aliphatic rings. The van der Waals surface area contributed by atoms with Gasteiger partial charge in [-0.15, -0.1) is 11.3 Å². The summed E-state index contributed by atoms with van der Waals surface area (Å²) in [6.45, 7) is 2.77. The minimum absolute atomic E-state index is 0.180. The molecule has 3 aromatic carbocycles. The molecular formula is C24H21BrN2O2S. The van der Waals surface area contributed by atoms with E-state index in [9.17, 15) is 4.79 Å². The molecule has 0 radical (unpaired) electrons. The number of fused-ring (bicyclic) bond motifs is 1. The molecule has 0 spiro atoms. The third-order valence-electron chi connectivity index (χ3n) is 4.62. The Hall–Kier alpha value is -2.70. The van der Waals surface area contributed by atoms with Crippen LogP contribution in [0.2, 0.25) is 0 Å². The number of nitrogens with one attached hydrogen (secondary N) is 1. The second-order valence-electron chi connectivity index (χ2n) is 6.86. The lowest BCUT2D eigenvalue weighted by atomic mass is 10.1. The van der Waals surface area contributed by atoms with Crippen LogP contribution in [-0.2, 0) is 0 Å². The van der Waals surface area contributed by atoms with Crippen LogP contribution >= 0.6 is 27.3 Å². The summed E-state index contributed by atoms with van der Waals surface area (Å²) in [5, 5.41) is 3.91. The predicted octanol–water partition coefficient (Wildman–Crippen LogP) is 7.16. The van der Waals surface area contributed by atoms with Crippen LogP contribution in [0.5, 0.6) is 5.75 Å². The van der Waals surface area contributed by atoms with E-state index in [1.165, 1.54) is 0 Å². The Labute approximate surface area is 188 Å². The fourth-order valence-corrected chi connectivity index (χ4v) is 4.40. The number of rotatable bonds is 7. The highest BCUT2D eigenvalue weighted by molar-refractivity contribution is 9.10. The molecule has 1 amide bonds. The SMILES string of the molecule is CCCCOc1cccc(C(=O)Nc2ccc(Br)cc2-c2nc3ccccc3s2)c1. The molecule has 30 heavy (non-hydrogen) atoms. The molecule has 0 atom stereocenters. The molecule has 0 aliphatic heterocycles. The minimum Gasteiger partial charge on any atom is -0.494 e. The van der Waals surface area contributed by atoms with Crippen LogP contribution in [0.4, 0.5) is 5.69 Å². The summed E-state index contributed by atoms with van der Waals surface area (Å²) in [5.74, 6) is 0.527. The number of amides is 1. The number of aromatic nitrogens is 1. The quantitative estimate of drug-likeness (QED) is 0.285. The van der Waals surface area contributed by atoms with E-state index in [0.717, 1.165) is 43.8 Å². The number of benzene rings is 3. The minimum atomic E-state index is -0.180. The van der Waals surface area contributed by atoms with E-state index in [0.29, 0.717) is 17.9 Å². The number of hydrogen-bond donors (Lipinski definition) is 1. The average Bonchev–Trinajstić information content (AvgIpc) is 3.19. The number of ether oxygens (including phenoxy) is 1. The van der Waals surface area contributed by atoms with Crippen LogP contribution in [0.15, 0.2) is 71.2 Å². The number of anilines is 1. The van der Waals surface area contributed by atoms with Gasteiger partial charge in [-0.2, -0.15) is 0 Å². The maximum atomic E-state index is 12.9. The zero-order valence-electron chi connectivity index (χ0n) is 16.5. The molecule has 0 saturated carbocycles. The van der Waals surface area contributed by atoms with E-state index in [2.05, 4.69) is 34.2 Å². The van der Waals surface area contributed by atoms with E-state index >= 15 is 0 Å². The third-order valence-corrected chi connectivity index (χ3v) is 6.18. The molecule has 4 aromatic rings. The van der Waals surface area contributed by atoms with Gasteiger partial charge >= 0.3 is 0 Å². The van der Waals surface area contributed by atoms with Crippen LogP contribution in [0.3, 0.4) is 0 Å². The van der Waals surface area contributed by atoms with Gasteiger partial charge in [-0.3, -0.25) is 4.79 Å². The second kappa shape index (κ2) is 9.41. The predicted molar refractivity (Wildman–Crippen MR) is 128 cm³/mol. The summed E-state index contributed by atoms with van der Waals surface area (Å²) >= 11 is 5.14. The van der Waals surface area contributed by atoms with Crippen LogP contribution in [0, 0.1) is 0 Å². The maximum Gasteiger partial charge on any atom is 0.255 e. The van der Waals surface area contributed by atoms with Crippen molar-refractivity contribution in [3.8, 4) is 16.3 Å². The number of carbonyl (C=O) groups excluding carboxylic acids is 1. The van der Waals surface area contributed by atoms with Crippen molar-refractivity contribution in [1.82, 2.24) is 4.98 Å². The Morgan fingerprint density at radius 2 is 1.97 bits per heavy atom. The highest BCUT2D eigenvalue weighted by Crippen LogP contribution is 2.36. The molecule has 0 bridgehead atoms. The van der Waals surface area contributed by atoms with E-state index in [1.54, 1.807) is 23.5 Å². The van der Waals surface area contributed by atoms with Gasteiger partial charge < -0.3 is 10.1 Å². The van der Waals surface area contributed by atoms with Crippen molar-refractivity contribution in [3.05, 3.63) is 76.8 Å². The van der Waals surface area contributed by atoms with Gasteiger partial charge in [0.05, 0.1) is 22.5 Å². The lowest BCUT2D eigenvalue weighted by Crippen LogP contribution is -2.13. The summed E-state index contributed by atoms with van der Waals surface area (Å²) in [4.78, 5) is 17.7. The van der Waals surface area contributed by atoms with Gasteiger partial charge in [0.1, 0.15) is 10.8 Å². The molecule has 152 valence electrons. The number of nitrogens with zero attached hydrogens (tertiary/aromatic N) is 1. The Bertz CT molecular complexity index is 1160. The fraction of sp³-hybridized carbons (Fsp3) is 0.167. The molecule has 4 nitrogen and oxygen atoms in total. The first-order valence-corrected chi connectivity index (χ1v) is 11.4. The Balaban J connectivity index is 1.60. The highest BCUT2D eigenvalue weighted by atomic mass is 79.9. The molecule has 6 heteroatoms. The Morgan fingerprint density at radius 3 is 2.80 bits per heavy atom. The summed E-state index contributed by atoms with van der Waals surface area (Å²) in [6.07, 6.45) is 2.05. The average molecular weight is 481 g/mol. The van der Waals surface area contributed by atoms with Gasteiger partial charge in [0, 0.05) is 15.6 Å². The van der Waals surface area contributed by atoms with Crippen LogP contribution in [0.25, 0.3) is 20.8 Å². The van der Waals surface area contributed by atoms with E-state index in [4.69, 9.17) is 9.72 Å². The van der Waals surface area contributed by atoms with Crippen molar-refractivity contribution >= 4 is 49.1 Å². The Kier molecular flexibility index (Phi) is 6.45. The van der Waals surface area contributed by atoms with Crippen molar-refractivity contribution in [3.63, 3.8) is 0 Å². The third kappa shape index (κ3) is 4.71. The summed E-state index contributed by atoms with van der Waals surface area (Å²) in [5.41, 5.74) is 3.11. The van der Waals surface area contributed by atoms with Crippen molar-refractivity contribution in [2.45, 2.75) is 19.8 Å². The van der Waals surface area contributed by atoms with Gasteiger partial charge in [0.25, 0.3) is 5.91 Å². The molecular weight excluding hydrogens is 460 g/mol.